The fraction of sp³-hybridized carbons (Fsp3) is 0.583. The van der Waals surface area contributed by atoms with Gasteiger partial charge in [0.15, 0.2) is 11.5 Å². The van der Waals surface area contributed by atoms with Crippen molar-refractivity contribution in [3.8, 4) is 11.5 Å². The summed E-state index contributed by atoms with van der Waals surface area (Å²) in [7, 11) is 3.18. The van der Waals surface area contributed by atoms with Crippen LogP contribution in [0.15, 0.2) is 12.3 Å². The molecular formula is C12H20N2O3. The minimum absolute atomic E-state index is 0.327. The van der Waals surface area contributed by atoms with Crippen LogP contribution in [0.25, 0.3) is 0 Å². The van der Waals surface area contributed by atoms with Gasteiger partial charge in [0.1, 0.15) is 0 Å². The van der Waals surface area contributed by atoms with Crippen LogP contribution in [0.4, 0.5) is 0 Å². The summed E-state index contributed by atoms with van der Waals surface area (Å²) in [5, 5.41) is 12.6. The van der Waals surface area contributed by atoms with Gasteiger partial charge in [-0.15, -0.1) is 0 Å². The van der Waals surface area contributed by atoms with Gasteiger partial charge in [0.05, 0.1) is 26.0 Å². The van der Waals surface area contributed by atoms with Gasteiger partial charge in [0.2, 0.25) is 0 Å². The lowest BCUT2D eigenvalue weighted by Gasteiger charge is -2.13. The van der Waals surface area contributed by atoms with Gasteiger partial charge in [0.25, 0.3) is 0 Å². The van der Waals surface area contributed by atoms with Crippen molar-refractivity contribution in [1.29, 1.82) is 0 Å². The molecule has 5 heteroatoms. The van der Waals surface area contributed by atoms with Crippen molar-refractivity contribution in [3.63, 3.8) is 0 Å². The maximum absolute atomic E-state index is 9.42. The van der Waals surface area contributed by atoms with Crippen LogP contribution in [-0.2, 0) is 6.54 Å². The number of nitrogens with zero attached hydrogens (tertiary/aromatic N) is 1. The summed E-state index contributed by atoms with van der Waals surface area (Å²) in [4.78, 5) is 4.23. The van der Waals surface area contributed by atoms with Crippen molar-refractivity contribution in [1.82, 2.24) is 10.3 Å². The maximum atomic E-state index is 9.42. The van der Waals surface area contributed by atoms with Gasteiger partial charge in [-0.25, -0.2) is 0 Å². The fourth-order valence-electron chi connectivity index (χ4n) is 1.48. The smallest absolute Gasteiger partial charge is 0.183 e. The van der Waals surface area contributed by atoms with E-state index >= 15 is 0 Å². The third kappa shape index (κ3) is 3.87. The van der Waals surface area contributed by atoms with Crippen LogP contribution in [0.5, 0.6) is 11.5 Å². The highest BCUT2D eigenvalue weighted by Crippen LogP contribution is 2.28. The van der Waals surface area contributed by atoms with Gasteiger partial charge in [-0.1, -0.05) is 6.92 Å². The molecule has 17 heavy (non-hydrogen) atoms. The molecule has 0 aliphatic heterocycles. The third-order valence-electron chi connectivity index (χ3n) is 2.51. The number of aliphatic hydroxyl groups excluding tert-OH is 1. The Morgan fingerprint density at radius 2 is 2.18 bits per heavy atom. The summed E-state index contributed by atoms with van der Waals surface area (Å²) in [5.74, 6) is 1.30. The minimum atomic E-state index is -0.327. The molecule has 5 nitrogen and oxygen atoms in total. The number of methoxy groups -OCH3 is 2. The van der Waals surface area contributed by atoms with E-state index in [4.69, 9.17) is 9.47 Å². The number of nitrogens with one attached hydrogen (secondary N) is 1. The molecule has 0 saturated carbocycles. The van der Waals surface area contributed by atoms with Crippen molar-refractivity contribution in [2.24, 2.45) is 0 Å². The Morgan fingerprint density at radius 1 is 1.41 bits per heavy atom. The van der Waals surface area contributed by atoms with Gasteiger partial charge in [-0.2, -0.15) is 0 Å². The van der Waals surface area contributed by atoms with Gasteiger partial charge in [-0.05, 0) is 6.42 Å². The first-order chi connectivity index (χ1) is 8.22. The molecule has 0 aromatic carbocycles. The van der Waals surface area contributed by atoms with Gasteiger partial charge < -0.3 is 19.9 Å². The Morgan fingerprint density at radius 3 is 2.76 bits per heavy atom. The molecule has 2 N–H and O–H groups in total. The Balaban J connectivity index is 2.64. The summed E-state index contributed by atoms with van der Waals surface area (Å²) in [6, 6.07) is 1.75. The number of pyridine rings is 1. The number of hydrogen-bond acceptors (Lipinski definition) is 5. The van der Waals surface area contributed by atoms with E-state index in [1.54, 1.807) is 26.5 Å². The molecule has 1 aromatic rings. The zero-order valence-electron chi connectivity index (χ0n) is 10.6. The Bertz CT molecular complexity index is 345. The van der Waals surface area contributed by atoms with E-state index in [0.29, 0.717) is 24.6 Å². The normalized spacial score (nSPS) is 12.2. The average Bonchev–Trinajstić information content (AvgIpc) is 2.37. The van der Waals surface area contributed by atoms with Crippen molar-refractivity contribution in [3.05, 3.63) is 18.0 Å². The van der Waals surface area contributed by atoms with E-state index in [1.165, 1.54) is 0 Å². The van der Waals surface area contributed by atoms with Crippen LogP contribution >= 0.6 is 0 Å². The molecule has 1 unspecified atom stereocenters. The van der Waals surface area contributed by atoms with E-state index < -0.39 is 0 Å². The van der Waals surface area contributed by atoms with Crippen molar-refractivity contribution >= 4 is 0 Å². The first-order valence-electron chi connectivity index (χ1n) is 5.67. The number of aliphatic hydroxyl groups is 1. The first-order valence-corrected chi connectivity index (χ1v) is 5.67. The lowest BCUT2D eigenvalue weighted by atomic mass is 10.2. The van der Waals surface area contributed by atoms with E-state index in [9.17, 15) is 5.11 Å². The molecule has 0 radical (unpaired) electrons. The second kappa shape index (κ2) is 7.09. The molecule has 1 aromatic heterocycles. The van der Waals surface area contributed by atoms with E-state index in [2.05, 4.69) is 10.3 Å². The van der Waals surface area contributed by atoms with Crippen LogP contribution in [0.2, 0.25) is 0 Å². The highest BCUT2D eigenvalue weighted by atomic mass is 16.5. The molecule has 0 fully saturated rings. The van der Waals surface area contributed by atoms with E-state index in [1.807, 2.05) is 6.92 Å². The summed E-state index contributed by atoms with van der Waals surface area (Å²) in [6.07, 6.45) is 2.08. The average molecular weight is 240 g/mol. The molecule has 96 valence electrons. The SMILES string of the molecule is CCC(O)CNCc1nccc(OC)c1OC. The van der Waals surface area contributed by atoms with Crippen LogP contribution in [-0.4, -0.2) is 37.0 Å². The van der Waals surface area contributed by atoms with E-state index in [-0.39, 0.29) is 6.10 Å². The van der Waals surface area contributed by atoms with Crippen molar-refractivity contribution in [2.75, 3.05) is 20.8 Å². The molecule has 0 aliphatic carbocycles. The summed E-state index contributed by atoms with van der Waals surface area (Å²) in [6.45, 7) is 3.02. The van der Waals surface area contributed by atoms with Gasteiger partial charge in [-0.3, -0.25) is 4.98 Å². The fourth-order valence-corrected chi connectivity index (χ4v) is 1.48. The monoisotopic (exact) mass is 240 g/mol. The molecule has 1 rings (SSSR count). The second-order valence-corrected chi connectivity index (χ2v) is 3.69. The van der Waals surface area contributed by atoms with Gasteiger partial charge >= 0.3 is 0 Å². The van der Waals surface area contributed by atoms with Crippen molar-refractivity contribution < 1.29 is 14.6 Å². The number of aromatic nitrogens is 1. The minimum Gasteiger partial charge on any atom is -0.493 e. The molecule has 0 aliphatic rings. The quantitative estimate of drug-likeness (QED) is 0.743. The summed E-state index contributed by atoms with van der Waals surface area (Å²) in [5.41, 5.74) is 0.773. The molecule has 0 amide bonds. The molecule has 0 spiro atoms. The Kier molecular flexibility index (Phi) is 5.72. The number of rotatable bonds is 7. The lowest BCUT2D eigenvalue weighted by molar-refractivity contribution is 0.167. The third-order valence-corrected chi connectivity index (χ3v) is 2.51. The summed E-state index contributed by atoms with van der Waals surface area (Å²) >= 11 is 0. The van der Waals surface area contributed by atoms with Crippen LogP contribution in [0.1, 0.15) is 19.0 Å². The predicted molar refractivity (Wildman–Crippen MR) is 65.3 cm³/mol. The standard InChI is InChI=1S/C12H20N2O3/c1-4-9(15)7-13-8-10-12(17-3)11(16-2)5-6-14-10/h5-6,9,13,15H,4,7-8H2,1-3H3. The first kappa shape index (κ1) is 13.7. The molecular weight excluding hydrogens is 220 g/mol. The topological polar surface area (TPSA) is 63.6 Å². The molecule has 0 saturated heterocycles. The Hall–Kier alpha value is -1.33. The Labute approximate surface area is 102 Å². The molecule has 0 bridgehead atoms. The van der Waals surface area contributed by atoms with E-state index in [0.717, 1.165) is 12.1 Å². The highest BCUT2D eigenvalue weighted by molar-refractivity contribution is 5.42. The highest BCUT2D eigenvalue weighted by Gasteiger charge is 2.10. The predicted octanol–water partition coefficient (Wildman–Crippen LogP) is 0.959. The molecule has 1 atom stereocenters. The number of hydrogen-bond donors (Lipinski definition) is 2. The molecule has 1 heterocycles. The van der Waals surface area contributed by atoms with Crippen LogP contribution in [0.3, 0.4) is 0 Å². The zero-order chi connectivity index (χ0) is 12.7. The van der Waals surface area contributed by atoms with Crippen molar-refractivity contribution in [2.45, 2.75) is 26.0 Å². The summed E-state index contributed by atoms with van der Waals surface area (Å²) < 4.78 is 10.4. The largest absolute Gasteiger partial charge is 0.493 e. The van der Waals surface area contributed by atoms with Crippen LogP contribution < -0.4 is 14.8 Å². The lowest BCUT2D eigenvalue weighted by Crippen LogP contribution is -2.26. The second-order valence-electron chi connectivity index (χ2n) is 3.69. The van der Waals surface area contributed by atoms with Crippen LogP contribution in [0, 0.1) is 0 Å². The maximum Gasteiger partial charge on any atom is 0.183 e. The zero-order valence-corrected chi connectivity index (χ0v) is 10.6. The van der Waals surface area contributed by atoms with Gasteiger partial charge in [0, 0.05) is 25.4 Å². The number of ether oxygens (including phenoxy) is 2.